The summed E-state index contributed by atoms with van der Waals surface area (Å²) in [6.45, 7) is 1.29. The minimum absolute atomic E-state index is 0.0958. The summed E-state index contributed by atoms with van der Waals surface area (Å²) in [5.74, 6) is -1.93. The van der Waals surface area contributed by atoms with Crippen molar-refractivity contribution in [1.29, 1.82) is 0 Å². The first kappa shape index (κ1) is 29.3. The van der Waals surface area contributed by atoms with Crippen LogP contribution < -0.4 is 21.4 Å². The molecule has 0 saturated heterocycles. The summed E-state index contributed by atoms with van der Waals surface area (Å²) in [4.78, 5) is 36.2. The Balaban J connectivity index is 1.52. The quantitative estimate of drug-likeness (QED) is 0.171. The molecule has 3 amide bonds. The zero-order chi connectivity index (χ0) is 28.6. The van der Waals surface area contributed by atoms with Crippen LogP contribution in [0.1, 0.15) is 28.4 Å². The monoisotopic (exact) mass is 544 g/mol. The Labute approximate surface area is 222 Å². The molecule has 0 radical (unpaired) electrons. The third-order valence-corrected chi connectivity index (χ3v) is 5.68. The molecule has 39 heavy (non-hydrogen) atoms. The highest BCUT2D eigenvalue weighted by Crippen LogP contribution is 2.29. The average Bonchev–Trinajstić information content (AvgIpc) is 2.91. The molecule has 0 aliphatic rings. The Hall–Kier alpha value is -4.26. The van der Waals surface area contributed by atoms with Gasteiger partial charge in [-0.2, -0.15) is 13.2 Å². The minimum Gasteiger partial charge on any atom is -0.391 e. The molecule has 0 unspecified atom stereocenters. The van der Waals surface area contributed by atoms with E-state index in [1.807, 2.05) is 0 Å². The van der Waals surface area contributed by atoms with Crippen LogP contribution in [-0.4, -0.2) is 46.7 Å². The van der Waals surface area contributed by atoms with Gasteiger partial charge in [-0.1, -0.05) is 42.5 Å². The van der Waals surface area contributed by atoms with Crippen LogP contribution in [0.25, 0.3) is 11.1 Å². The summed E-state index contributed by atoms with van der Waals surface area (Å²) in [5, 5.41) is 26.3. The molecule has 0 bridgehead atoms. The molecule has 0 heterocycles. The summed E-state index contributed by atoms with van der Waals surface area (Å²) in [6.07, 6.45) is -5.66. The van der Waals surface area contributed by atoms with Gasteiger partial charge in [0.2, 0.25) is 5.91 Å². The van der Waals surface area contributed by atoms with Crippen LogP contribution in [0.4, 0.5) is 18.9 Å². The summed E-state index contributed by atoms with van der Waals surface area (Å²) < 4.78 is 38.5. The van der Waals surface area contributed by atoms with Crippen molar-refractivity contribution in [3.8, 4) is 11.1 Å². The summed E-state index contributed by atoms with van der Waals surface area (Å²) in [7, 11) is 0. The van der Waals surface area contributed by atoms with Gasteiger partial charge < -0.3 is 21.1 Å². The van der Waals surface area contributed by atoms with Gasteiger partial charge >= 0.3 is 6.18 Å². The Morgan fingerprint density at radius 3 is 2.10 bits per heavy atom. The van der Waals surface area contributed by atoms with Crippen LogP contribution in [0.15, 0.2) is 72.8 Å². The molecule has 12 heteroatoms. The Kier molecular flexibility index (Phi) is 9.77. The first-order chi connectivity index (χ1) is 18.5. The van der Waals surface area contributed by atoms with Gasteiger partial charge in [-0.25, -0.2) is 5.48 Å². The number of hydroxylamine groups is 1. The highest BCUT2D eigenvalue weighted by atomic mass is 19.4. The molecule has 6 N–H and O–H groups in total. The smallest absolute Gasteiger partial charge is 0.391 e. The molecule has 3 rings (SSSR count). The van der Waals surface area contributed by atoms with Gasteiger partial charge in [0.1, 0.15) is 6.04 Å². The van der Waals surface area contributed by atoms with Crippen LogP contribution in [0, 0.1) is 0 Å². The van der Waals surface area contributed by atoms with E-state index in [0.29, 0.717) is 11.3 Å². The number of anilines is 1. The van der Waals surface area contributed by atoms with Crippen molar-refractivity contribution in [2.75, 3.05) is 11.9 Å². The molecule has 0 spiro atoms. The maximum Gasteiger partial charge on any atom is 0.416 e. The molecule has 3 aromatic rings. The van der Waals surface area contributed by atoms with Crippen molar-refractivity contribution < 1.29 is 37.9 Å². The zero-order valence-electron chi connectivity index (χ0n) is 20.8. The predicted octanol–water partition coefficient (Wildman–Crippen LogP) is 3.09. The lowest BCUT2D eigenvalue weighted by molar-refractivity contribution is -0.137. The van der Waals surface area contributed by atoms with Gasteiger partial charge in [0.15, 0.2) is 0 Å². The number of nitrogens with one attached hydrogen (secondary N) is 4. The molecular weight excluding hydrogens is 517 g/mol. The van der Waals surface area contributed by atoms with E-state index in [0.717, 1.165) is 23.3 Å². The number of carbonyl (C=O) groups is 3. The molecule has 0 aliphatic heterocycles. The van der Waals surface area contributed by atoms with E-state index in [-0.39, 0.29) is 24.6 Å². The van der Waals surface area contributed by atoms with E-state index >= 15 is 0 Å². The number of benzene rings is 3. The van der Waals surface area contributed by atoms with E-state index in [1.165, 1.54) is 30.6 Å². The van der Waals surface area contributed by atoms with Crippen molar-refractivity contribution in [1.82, 2.24) is 16.1 Å². The normalized spacial score (nSPS) is 12.8. The van der Waals surface area contributed by atoms with Crippen molar-refractivity contribution in [2.24, 2.45) is 0 Å². The van der Waals surface area contributed by atoms with Crippen molar-refractivity contribution in [3.63, 3.8) is 0 Å². The summed E-state index contributed by atoms with van der Waals surface area (Å²) in [5.41, 5.74) is 3.37. The number of hydrogen-bond donors (Lipinski definition) is 6. The van der Waals surface area contributed by atoms with Crippen molar-refractivity contribution >= 4 is 23.4 Å². The number of rotatable bonds is 10. The lowest BCUT2D eigenvalue weighted by atomic mass is 10.0. The maximum absolute atomic E-state index is 12.8. The largest absolute Gasteiger partial charge is 0.416 e. The third-order valence-electron chi connectivity index (χ3n) is 5.68. The topological polar surface area (TPSA) is 140 Å². The number of carbonyl (C=O) groups excluding carboxylic acids is 3. The summed E-state index contributed by atoms with van der Waals surface area (Å²) >= 11 is 0. The second-order valence-corrected chi connectivity index (χ2v) is 8.67. The number of alkyl halides is 3. The molecule has 0 fully saturated rings. The van der Waals surface area contributed by atoms with Gasteiger partial charge in [0.25, 0.3) is 11.8 Å². The molecular formula is C27H27F3N4O5. The second kappa shape index (κ2) is 13.0. The predicted molar refractivity (Wildman–Crippen MR) is 137 cm³/mol. The first-order valence-electron chi connectivity index (χ1n) is 11.8. The van der Waals surface area contributed by atoms with Gasteiger partial charge in [-0.3, -0.25) is 19.6 Å². The fourth-order valence-electron chi connectivity index (χ4n) is 3.64. The highest BCUT2D eigenvalue weighted by Gasteiger charge is 2.30. The Morgan fingerprint density at radius 1 is 0.923 bits per heavy atom. The lowest BCUT2D eigenvalue weighted by Crippen LogP contribution is -2.51. The van der Waals surface area contributed by atoms with Gasteiger partial charge in [-0.05, 0) is 53.9 Å². The second-order valence-electron chi connectivity index (χ2n) is 8.67. The van der Waals surface area contributed by atoms with Gasteiger partial charge in [0.05, 0.1) is 18.2 Å². The molecule has 206 valence electrons. The van der Waals surface area contributed by atoms with E-state index < -0.39 is 35.7 Å². The Bertz CT molecular complexity index is 1300. The number of amides is 3. The van der Waals surface area contributed by atoms with Crippen LogP contribution in [0.3, 0.4) is 0 Å². The fourth-order valence-corrected chi connectivity index (χ4v) is 3.64. The van der Waals surface area contributed by atoms with Crippen LogP contribution >= 0.6 is 0 Å². The molecule has 0 aromatic heterocycles. The molecule has 0 saturated carbocycles. The van der Waals surface area contributed by atoms with E-state index in [9.17, 15) is 32.7 Å². The molecule has 2 atom stereocenters. The lowest BCUT2D eigenvalue weighted by Gasteiger charge is -2.19. The number of halogens is 3. The van der Waals surface area contributed by atoms with Crippen LogP contribution in [-0.2, 0) is 22.3 Å². The first-order valence-corrected chi connectivity index (χ1v) is 11.8. The average molecular weight is 545 g/mol. The minimum atomic E-state index is -4.43. The third kappa shape index (κ3) is 8.37. The number of aliphatic hydroxyl groups excluding tert-OH is 1. The van der Waals surface area contributed by atoms with Crippen LogP contribution in [0.5, 0.6) is 0 Å². The molecule has 3 aromatic carbocycles. The van der Waals surface area contributed by atoms with E-state index in [1.54, 1.807) is 42.5 Å². The maximum atomic E-state index is 12.8. The molecule has 9 nitrogen and oxygen atoms in total. The van der Waals surface area contributed by atoms with E-state index in [4.69, 9.17) is 5.21 Å². The van der Waals surface area contributed by atoms with E-state index in [2.05, 4.69) is 16.0 Å². The van der Waals surface area contributed by atoms with Crippen molar-refractivity contribution in [2.45, 2.75) is 31.8 Å². The SMILES string of the molecule is C[C@@H](O)[C@H](NC(=O)c1ccc(-c2ccc(NC(=O)CNCc3cccc(C(F)(F)F)c3)cc2)cc1)C(=O)NO. The van der Waals surface area contributed by atoms with Crippen molar-refractivity contribution in [3.05, 3.63) is 89.5 Å². The standard InChI is InChI=1S/C27H27F3N4O5/c1-16(35)24(26(38)34-39)33-25(37)20-7-5-18(6-8-20)19-9-11-22(12-10-19)32-23(36)15-31-14-17-3-2-4-21(13-17)27(28,29)30/h2-13,16,24,31,35,39H,14-15H2,1H3,(H,32,36)(H,33,37)(H,34,38)/t16-,24+/m1/s1. The highest BCUT2D eigenvalue weighted by molar-refractivity contribution is 5.98. The molecule has 0 aliphatic carbocycles. The Morgan fingerprint density at radius 2 is 1.54 bits per heavy atom. The fraction of sp³-hybridized carbons (Fsp3) is 0.222. The van der Waals surface area contributed by atoms with Gasteiger partial charge in [0, 0.05) is 17.8 Å². The number of aliphatic hydroxyl groups is 1. The zero-order valence-corrected chi connectivity index (χ0v) is 20.8. The van der Waals surface area contributed by atoms with Crippen LogP contribution in [0.2, 0.25) is 0 Å². The number of hydrogen-bond acceptors (Lipinski definition) is 6. The summed E-state index contributed by atoms with van der Waals surface area (Å²) in [6, 6.07) is 16.9. The van der Waals surface area contributed by atoms with Gasteiger partial charge in [-0.15, -0.1) is 0 Å².